The highest BCUT2D eigenvalue weighted by Gasteiger charge is 2.67. The number of urea groups is 1. The smallest absolute Gasteiger partial charge is 0.315 e. The number of hydrogen-bond donors (Lipinski definition) is 3. The molecule has 118 valence electrons. The quantitative estimate of drug-likeness (QED) is 0.723. The number of nitrogens with one attached hydrogen (secondary N) is 2. The minimum atomic E-state index is -0.174. The Bertz CT molecular complexity index is 416. The molecule has 3 unspecified atom stereocenters. The molecule has 4 rings (SSSR count). The first-order chi connectivity index (χ1) is 10.2. The van der Waals surface area contributed by atoms with Gasteiger partial charge in [0.25, 0.3) is 0 Å². The first kappa shape index (κ1) is 13.8. The Labute approximate surface area is 125 Å². The van der Waals surface area contributed by atoms with Gasteiger partial charge in [-0.1, -0.05) is 6.42 Å². The molecule has 3 atom stereocenters. The zero-order chi connectivity index (χ0) is 14.4. The third-order valence-electron chi connectivity index (χ3n) is 6.35. The van der Waals surface area contributed by atoms with Gasteiger partial charge >= 0.3 is 6.03 Å². The average molecular weight is 294 g/mol. The molecule has 0 bridgehead atoms. The first-order valence-electron chi connectivity index (χ1n) is 8.56. The van der Waals surface area contributed by atoms with E-state index in [1.165, 1.54) is 19.3 Å². The molecule has 3 N–H and O–H groups in total. The average Bonchev–Trinajstić information content (AvgIpc) is 2.82. The third-order valence-corrected chi connectivity index (χ3v) is 6.35. The van der Waals surface area contributed by atoms with Crippen molar-refractivity contribution in [3.63, 3.8) is 0 Å². The molecule has 1 saturated heterocycles. The molecular formula is C16H26N2O3. The summed E-state index contributed by atoms with van der Waals surface area (Å²) in [5, 5.41) is 15.9. The molecule has 5 nitrogen and oxygen atoms in total. The molecule has 0 radical (unpaired) electrons. The standard InChI is InChI=1S/C16H26N2O3/c19-11-4-2-10(3-5-11)17-15(20)18-13-12-6-9-21-14(12)16(13)7-1-8-16/h10-14,19H,1-9H2,(H2,17,18,20). The lowest BCUT2D eigenvalue weighted by Gasteiger charge is -2.63. The van der Waals surface area contributed by atoms with Crippen LogP contribution in [0.2, 0.25) is 0 Å². The number of aliphatic hydroxyl groups is 1. The predicted octanol–water partition coefficient (Wildman–Crippen LogP) is 1.55. The zero-order valence-electron chi connectivity index (χ0n) is 12.5. The van der Waals surface area contributed by atoms with Gasteiger partial charge in [-0.2, -0.15) is 0 Å². The Balaban J connectivity index is 1.32. The van der Waals surface area contributed by atoms with E-state index >= 15 is 0 Å². The van der Waals surface area contributed by atoms with Crippen LogP contribution >= 0.6 is 0 Å². The minimum Gasteiger partial charge on any atom is -0.393 e. The first-order valence-corrected chi connectivity index (χ1v) is 8.56. The van der Waals surface area contributed by atoms with Crippen molar-refractivity contribution in [1.29, 1.82) is 0 Å². The van der Waals surface area contributed by atoms with E-state index in [0.717, 1.165) is 38.7 Å². The fraction of sp³-hybridized carbons (Fsp3) is 0.938. The van der Waals surface area contributed by atoms with Crippen molar-refractivity contribution in [3.8, 4) is 0 Å². The maximum absolute atomic E-state index is 12.3. The number of fused-ring (bicyclic) bond motifs is 2. The fourth-order valence-corrected chi connectivity index (χ4v) is 5.04. The van der Waals surface area contributed by atoms with Gasteiger partial charge in [0.1, 0.15) is 0 Å². The third kappa shape index (κ3) is 2.16. The maximum Gasteiger partial charge on any atom is 0.315 e. The van der Waals surface area contributed by atoms with Crippen LogP contribution in [0.3, 0.4) is 0 Å². The number of carbonyl (C=O) groups excluding carboxylic acids is 1. The molecule has 0 aromatic heterocycles. The van der Waals surface area contributed by atoms with E-state index in [1.54, 1.807) is 0 Å². The molecular weight excluding hydrogens is 268 g/mol. The number of hydrogen-bond acceptors (Lipinski definition) is 3. The van der Waals surface area contributed by atoms with Crippen molar-refractivity contribution < 1.29 is 14.6 Å². The molecule has 4 fully saturated rings. The summed E-state index contributed by atoms with van der Waals surface area (Å²) < 4.78 is 5.88. The van der Waals surface area contributed by atoms with Crippen molar-refractivity contribution in [2.45, 2.75) is 75.7 Å². The van der Waals surface area contributed by atoms with Crippen LogP contribution in [-0.2, 0) is 4.74 Å². The summed E-state index contributed by atoms with van der Waals surface area (Å²) in [6.07, 6.45) is 8.38. The van der Waals surface area contributed by atoms with Gasteiger partial charge in [0, 0.05) is 30.0 Å². The lowest BCUT2D eigenvalue weighted by Crippen LogP contribution is -2.72. The van der Waals surface area contributed by atoms with Gasteiger partial charge in [-0.3, -0.25) is 0 Å². The second-order valence-electron chi connectivity index (χ2n) is 7.43. The highest BCUT2D eigenvalue weighted by atomic mass is 16.5. The predicted molar refractivity (Wildman–Crippen MR) is 77.8 cm³/mol. The second-order valence-corrected chi connectivity index (χ2v) is 7.43. The summed E-state index contributed by atoms with van der Waals surface area (Å²) >= 11 is 0. The molecule has 4 aliphatic rings. The Hall–Kier alpha value is -0.810. The van der Waals surface area contributed by atoms with Crippen LogP contribution in [0.1, 0.15) is 51.4 Å². The number of aliphatic hydroxyl groups excluding tert-OH is 1. The van der Waals surface area contributed by atoms with Gasteiger partial charge in [0.05, 0.1) is 12.2 Å². The van der Waals surface area contributed by atoms with Crippen molar-refractivity contribution in [2.24, 2.45) is 11.3 Å². The molecule has 5 heteroatoms. The van der Waals surface area contributed by atoms with E-state index in [1.807, 2.05) is 0 Å². The van der Waals surface area contributed by atoms with E-state index in [4.69, 9.17) is 4.74 Å². The Morgan fingerprint density at radius 2 is 1.86 bits per heavy atom. The van der Waals surface area contributed by atoms with E-state index in [0.29, 0.717) is 18.1 Å². The van der Waals surface area contributed by atoms with Crippen molar-refractivity contribution in [3.05, 3.63) is 0 Å². The van der Waals surface area contributed by atoms with Crippen LogP contribution < -0.4 is 10.6 Å². The zero-order valence-corrected chi connectivity index (χ0v) is 12.5. The monoisotopic (exact) mass is 294 g/mol. The van der Waals surface area contributed by atoms with Gasteiger partial charge < -0.3 is 20.5 Å². The van der Waals surface area contributed by atoms with Crippen LogP contribution in [0.15, 0.2) is 0 Å². The second kappa shape index (κ2) is 5.13. The lowest BCUT2D eigenvalue weighted by atomic mass is 9.46. The van der Waals surface area contributed by atoms with Gasteiger partial charge in [-0.15, -0.1) is 0 Å². The van der Waals surface area contributed by atoms with Gasteiger partial charge in [0.15, 0.2) is 0 Å². The van der Waals surface area contributed by atoms with E-state index in [9.17, 15) is 9.90 Å². The van der Waals surface area contributed by atoms with E-state index in [2.05, 4.69) is 10.6 Å². The van der Waals surface area contributed by atoms with Gasteiger partial charge in [0.2, 0.25) is 0 Å². The number of ether oxygens (including phenoxy) is 1. The molecule has 0 aromatic carbocycles. The van der Waals surface area contributed by atoms with Crippen LogP contribution in [0.4, 0.5) is 4.79 Å². The number of amides is 2. The summed E-state index contributed by atoms with van der Waals surface area (Å²) in [6, 6.07) is 0.521. The maximum atomic E-state index is 12.3. The number of rotatable bonds is 2. The van der Waals surface area contributed by atoms with Crippen molar-refractivity contribution in [2.75, 3.05) is 6.61 Å². The van der Waals surface area contributed by atoms with Crippen LogP contribution in [0.25, 0.3) is 0 Å². The Kier molecular flexibility index (Phi) is 3.38. The van der Waals surface area contributed by atoms with Crippen molar-refractivity contribution in [1.82, 2.24) is 10.6 Å². The summed E-state index contributed by atoms with van der Waals surface area (Å²) in [5.41, 5.74) is 0.251. The summed E-state index contributed by atoms with van der Waals surface area (Å²) in [7, 11) is 0. The summed E-state index contributed by atoms with van der Waals surface area (Å²) in [5.74, 6) is 0.532. The topological polar surface area (TPSA) is 70.6 Å². The molecule has 1 spiro atoms. The van der Waals surface area contributed by atoms with Gasteiger partial charge in [-0.05, 0) is 44.9 Å². The molecule has 21 heavy (non-hydrogen) atoms. The van der Waals surface area contributed by atoms with Crippen LogP contribution in [-0.4, -0.2) is 42.0 Å². The summed E-state index contributed by atoms with van der Waals surface area (Å²) in [6.45, 7) is 0.859. The van der Waals surface area contributed by atoms with Crippen LogP contribution in [0, 0.1) is 11.3 Å². The van der Waals surface area contributed by atoms with Crippen molar-refractivity contribution >= 4 is 6.03 Å². The largest absolute Gasteiger partial charge is 0.393 e. The van der Waals surface area contributed by atoms with Crippen LogP contribution in [0.5, 0.6) is 0 Å². The molecule has 0 aromatic rings. The van der Waals surface area contributed by atoms with E-state index in [-0.39, 0.29) is 23.6 Å². The SMILES string of the molecule is O=C(NC1CCC(O)CC1)NC1C2CCOC2C12CCC2. The molecule has 2 amide bonds. The van der Waals surface area contributed by atoms with E-state index < -0.39 is 0 Å². The molecule has 1 heterocycles. The Morgan fingerprint density at radius 1 is 1.10 bits per heavy atom. The highest BCUT2D eigenvalue weighted by molar-refractivity contribution is 5.75. The fourth-order valence-electron chi connectivity index (χ4n) is 5.04. The highest BCUT2D eigenvalue weighted by Crippen LogP contribution is 2.62. The molecule has 3 saturated carbocycles. The molecule has 1 aliphatic heterocycles. The molecule has 3 aliphatic carbocycles. The Morgan fingerprint density at radius 3 is 2.52 bits per heavy atom. The number of carbonyl (C=O) groups is 1. The van der Waals surface area contributed by atoms with Gasteiger partial charge in [-0.25, -0.2) is 4.79 Å². The minimum absolute atomic E-state index is 0.0157. The summed E-state index contributed by atoms with van der Waals surface area (Å²) in [4.78, 5) is 12.3. The normalized spacial score (nSPS) is 43.6. The lowest BCUT2D eigenvalue weighted by molar-refractivity contribution is -0.172.